The first-order valence-electron chi connectivity index (χ1n) is 14.2. The van der Waals surface area contributed by atoms with Crippen molar-refractivity contribution in [1.82, 2.24) is 15.5 Å². The van der Waals surface area contributed by atoms with E-state index in [1.165, 1.54) is 24.8 Å². The number of nitrogen functional groups attached to an aromatic ring is 1. The number of aromatic nitrogens is 2. The van der Waals surface area contributed by atoms with Gasteiger partial charge in [0.25, 0.3) is 0 Å². The van der Waals surface area contributed by atoms with Gasteiger partial charge in [0.1, 0.15) is 17.6 Å². The van der Waals surface area contributed by atoms with Crippen molar-refractivity contribution in [2.45, 2.75) is 44.6 Å². The summed E-state index contributed by atoms with van der Waals surface area (Å²) in [6.07, 6.45) is 7.43. The zero-order valence-corrected chi connectivity index (χ0v) is 21.9. The number of hydrogen-bond donors (Lipinski definition) is 3. The predicted molar refractivity (Wildman–Crippen MR) is 149 cm³/mol. The lowest BCUT2D eigenvalue weighted by atomic mass is 9.35. The van der Waals surface area contributed by atoms with E-state index in [1.54, 1.807) is 6.07 Å². The molecule has 4 N–H and O–H groups in total. The molecule has 7 nitrogen and oxygen atoms in total. The first-order chi connectivity index (χ1) is 18.6. The van der Waals surface area contributed by atoms with Gasteiger partial charge in [0.05, 0.1) is 11.4 Å². The maximum absolute atomic E-state index is 10.4. The highest BCUT2D eigenvalue weighted by atomic mass is 16.5. The molecule has 2 unspecified atom stereocenters. The van der Waals surface area contributed by atoms with E-state index in [0.29, 0.717) is 34.5 Å². The molecule has 4 aliphatic heterocycles. The Hall–Kier alpha value is -3.32. The van der Waals surface area contributed by atoms with Crippen LogP contribution in [0.3, 0.4) is 0 Å². The van der Waals surface area contributed by atoms with Crippen molar-refractivity contribution in [3.8, 4) is 22.8 Å². The Balaban J connectivity index is 1.10. The third-order valence-electron chi connectivity index (χ3n) is 9.85. The van der Waals surface area contributed by atoms with Crippen molar-refractivity contribution in [2.75, 3.05) is 36.8 Å². The van der Waals surface area contributed by atoms with Crippen LogP contribution in [-0.2, 0) is 6.42 Å². The Bertz CT molecular complexity index is 1330. The van der Waals surface area contributed by atoms with Crippen LogP contribution in [0.2, 0.25) is 0 Å². The molecule has 0 spiro atoms. The SMILES string of the molecule is Nc1nnc(-c2ccccc2O)cc1N1CC[C@H]2CC3(Cc4cccc(OC5CCNCC5)c4)C2C[C@H]3C1. The van der Waals surface area contributed by atoms with Gasteiger partial charge >= 0.3 is 0 Å². The smallest absolute Gasteiger partial charge is 0.169 e. The van der Waals surface area contributed by atoms with Gasteiger partial charge in [-0.2, -0.15) is 0 Å². The molecule has 5 heterocycles. The van der Waals surface area contributed by atoms with E-state index >= 15 is 0 Å². The number of nitrogens with one attached hydrogen (secondary N) is 1. The Morgan fingerprint density at radius 3 is 2.76 bits per heavy atom. The normalized spacial score (nSPS) is 28.5. The van der Waals surface area contributed by atoms with Gasteiger partial charge in [-0.1, -0.05) is 24.3 Å². The number of phenols is 1. The highest BCUT2D eigenvalue weighted by molar-refractivity contribution is 5.74. The lowest BCUT2D eigenvalue weighted by Crippen LogP contribution is -2.67. The highest BCUT2D eigenvalue weighted by Gasteiger charge is 2.65. The number of piperidine rings is 1. The van der Waals surface area contributed by atoms with E-state index < -0.39 is 0 Å². The maximum atomic E-state index is 10.4. The second kappa shape index (κ2) is 9.45. The summed E-state index contributed by atoms with van der Waals surface area (Å²) in [5, 5.41) is 22.4. The summed E-state index contributed by atoms with van der Waals surface area (Å²) in [4.78, 5) is 2.44. The van der Waals surface area contributed by atoms with Gasteiger partial charge in [-0.3, -0.25) is 0 Å². The van der Waals surface area contributed by atoms with Crippen molar-refractivity contribution < 1.29 is 9.84 Å². The van der Waals surface area contributed by atoms with Crippen LogP contribution in [0.4, 0.5) is 11.5 Å². The third-order valence-corrected chi connectivity index (χ3v) is 9.85. The fourth-order valence-corrected chi connectivity index (χ4v) is 7.85. The van der Waals surface area contributed by atoms with Crippen molar-refractivity contribution in [3.63, 3.8) is 0 Å². The van der Waals surface area contributed by atoms with Crippen LogP contribution in [0.25, 0.3) is 11.3 Å². The standard InChI is InChI=1S/C31H37N5O2/c32-30-28(16-27(34-35-30)25-6-1-2-7-29(25)37)36-13-10-21-18-31(22(19-36)15-26(21)31)17-20-4-3-5-24(14-20)38-23-8-11-33-12-9-23/h1-7,14,16,21-23,26,33,37H,8-13,15,17-19H2,(H2,32,35)/t21-,22-,26?,31?/m0/s1. The summed E-state index contributed by atoms with van der Waals surface area (Å²) in [5.74, 6) is 3.96. The highest BCUT2D eigenvalue weighted by Crippen LogP contribution is 2.70. The Morgan fingerprint density at radius 1 is 1.05 bits per heavy atom. The first-order valence-corrected chi connectivity index (χ1v) is 14.2. The zero-order chi connectivity index (χ0) is 25.7. The number of phenolic OH excluding ortho intramolecular Hbond substituents is 1. The van der Waals surface area contributed by atoms with Crippen LogP contribution in [0.15, 0.2) is 54.6 Å². The molecule has 9 rings (SSSR count). The minimum absolute atomic E-state index is 0.207. The summed E-state index contributed by atoms with van der Waals surface area (Å²) < 4.78 is 6.36. The molecule has 38 heavy (non-hydrogen) atoms. The van der Waals surface area contributed by atoms with Crippen molar-refractivity contribution >= 4 is 11.5 Å². The number of anilines is 2. The van der Waals surface area contributed by atoms with Crippen molar-refractivity contribution in [3.05, 3.63) is 60.2 Å². The Morgan fingerprint density at radius 2 is 1.92 bits per heavy atom. The number of para-hydroxylation sites is 1. The second-order valence-corrected chi connectivity index (χ2v) is 11.9. The molecule has 2 aromatic carbocycles. The van der Waals surface area contributed by atoms with Crippen LogP contribution >= 0.6 is 0 Å². The number of aromatic hydroxyl groups is 1. The summed E-state index contributed by atoms with van der Waals surface area (Å²) >= 11 is 0. The van der Waals surface area contributed by atoms with Gasteiger partial charge in [0.15, 0.2) is 5.82 Å². The van der Waals surface area contributed by atoms with Gasteiger partial charge in [-0.05, 0) is 111 Å². The van der Waals surface area contributed by atoms with Gasteiger partial charge in [-0.25, -0.2) is 0 Å². The van der Waals surface area contributed by atoms with Crippen LogP contribution in [0, 0.1) is 23.2 Å². The number of nitrogens with two attached hydrogens (primary N) is 1. The van der Waals surface area contributed by atoms with Crippen molar-refractivity contribution in [1.29, 1.82) is 0 Å². The average molecular weight is 512 g/mol. The minimum atomic E-state index is 0.207. The van der Waals surface area contributed by atoms with Crippen LogP contribution in [-0.4, -0.2) is 47.6 Å². The zero-order valence-electron chi connectivity index (χ0n) is 21.9. The number of benzene rings is 2. The number of ether oxygens (including phenoxy) is 1. The van der Waals surface area contributed by atoms with E-state index in [4.69, 9.17) is 10.5 Å². The molecular formula is C31H37N5O2. The molecule has 198 valence electrons. The molecule has 2 aliphatic carbocycles. The summed E-state index contributed by atoms with van der Waals surface area (Å²) in [5.41, 5.74) is 10.5. The lowest BCUT2D eigenvalue weighted by Gasteiger charge is -2.71. The molecule has 4 bridgehead atoms. The fraction of sp³-hybridized carbons (Fsp3) is 0.484. The van der Waals surface area contributed by atoms with E-state index in [1.807, 2.05) is 24.3 Å². The summed E-state index contributed by atoms with van der Waals surface area (Å²) in [6.45, 7) is 4.06. The minimum Gasteiger partial charge on any atom is -0.507 e. The Kier molecular flexibility index (Phi) is 5.91. The molecule has 3 aromatic rings. The summed E-state index contributed by atoms with van der Waals surface area (Å²) in [7, 11) is 0. The van der Waals surface area contributed by atoms with E-state index in [0.717, 1.165) is 68.7 Å². The molecule has 4 saturated heterocycles. The van der Waals surface area contributed by atoms with E-state index in [9.17, 15) is 5.11 Å². The van der Waals surface area contributed by atoms with Crippen LogP contribution in [0.5, 0.6) is 11.5 Å². The average Bonchev–Trinajstić information content (AvgIpc) is 2.91. The molecule has 7 heteroatoms. The summed E-state index contributed by atoms with van der Waals surface area (Å²) in [6, 6.07) is 18.2. The monoisotopic (exact) mass is 511 g/mol. The van der Waals surface area contributed by atoms with Crippen LogP contribution < -0.4 is 20.7 Å². The number of rotatable bonds is 6. The first kappa shape index (κ1) is 23.8. The molecule has 6 aliphatic rings. The van der Waals surface area contributed by atoms with Gasteiger partial charge < -0.3 is 25.8 Å². The molecule has 0 amide bonds. The third kappa shape index (κ3) is 4.08. The topological polar surface area (TPSA) is 96.5 Å². The fourth-order valence-electron chi connectivity index (χ4n) is 7.85. The quantitative estimate of drug-likeness (QED) is 0.443. The largest absolute Gasteiger partial charge is 0.507 e. The number of hydrogen-bond acceptors (Lipinski definition) is 7. The lowest BCUT2D eigenvalue weighted by molar-refractivity contribution is -0.194. The van der Waals surface area contributed by atoms with Gasteiger partial charge in [0.2, 0.25) is 0 Å². The van der Waals surface area contributed by atoms with Crippen LogP contribution in [0.1, 0.15) is 37.7 Å². The Labute approximate surface area is 224 Å². The molecule has 0 radical (unpaired) electrons. The molecule has 4 atom stereocenters. The molecular weight excluding hydrogens is 474 g/mol. The van der Waals surface area contributed by atoms with Crippen molar-refractivity contribution in [2.24, 2.45) is 23.2 Å². The van der Waals surface area contributed by atoms with Gasteiger partial charge in [0, 0.05) is 18.7 Å². The molecule has 6 fully saturated rings. The maximum Gasteiger partial charge on any atom is 0.169 e. The number of nitrogens with zero attached hydrogens (tertiary/aromatic N) is 3. The second-order valence-electron chi connectivity index (χ2n) is 11.9. The van der Waals surface area contributed by atoms with Gasteiger partial charge in [-0.15, -0.1) is 10.2 Å². The van der Waals surface area contributed by atoms with E-state index in [-0.39, 0.29) is 5.75 Å². The molecule has 2 saturated carbocycles. The van der Waals surface area contributed by atoms with E-state index in [2.05, 4.69) is 44.7 Å². The molecule has 1 aromatic heterocycles. The predicted octanol–water partition coefficient (Wildman–Crippen LogP) is 4.66.